The maximum Gasteiger partial charge on any atom is 0.253 e. The fourth-order valence-electron chi connectivity index (χ4n) is 2.72. The predicted octanol–water partition coefficient (Wildman–Crippen LogP) is 3.47. The van der Waals surface area contributed by atoms with Gasteiger partial charge in [0, 0.05) is 31.8 Å². The Bertz CT molecular complexity index is 909. The SMILES string of the molecule is CN(C)C(=O)c1ccc(CNC(=O)c2cccc3ccccc23)cc1. The highest BCUT2D eigenvalue weighted by molar-refractivity contribution is 6.07. The van der Waals surface area contributed by atoms with Crippen molar-refractivity contribution in [2.45, 2.75) is 6.54 Å². The van der Waals surface area contributed by atoms with Gasteiger partial charge >= 0.3 is 0 Å². The number of nitrogens with one attached hydrogen (secondary N) is 1. The van der Waals surface area contributed by atoms with E-state index in [1.165, 1.54) is 4.90 Å². The summed E-state index contributed by atoms with van der Waals surface area (Å²) in [4.78, 5) is 26.0. The highest BCUT2D eigenvalue weighted by atomic mass is 16.2. The topological polar surface area (TPSA) is 49.4 Å². The lowest BCUT2D eigenvalue weighted by Gasteiger charge is -2.11. The zero-order chi connectivity index (χ0) is 17.8. The minimum absolute atomic E-state index is 0.0358. The summed E-state index contributed by atoms with van der Waals surface area (Å²) in [6.07, 6.45) is 0. The maximum absolute atomic E-state index is 12.5. The van der Waals surface area contributed by atoms with E-state index in [2.05, 4.69) is 5.32 Å². The van der Waals surface area contributed by atoms with Gasteiger partial charge < -0.3 is 10.2 Å². The standard InChI is InChI=1S/C21H20N2O2/c1-23(2)21(25)17-12-10-15(11-13-17)14-22-20(24)19-9-5-7-16-6-3-4-8-18(16)19/h3-13H,14H2,1-2H3,(H,22,24). The van der Waals surface area contributed by atoms with Crippen LogP contribution in [0.2, 0.25) is 0 Å². The maximum atomic E-state index is 12.5. The normalized spacial score (nSPS) is 10.5. The second-order valence-electron chi connectivity index (χ2n) is 6.11. The van der Waals surface area contributed by atoms with Crippen molar-refractivity contribution in [3.63, 3.8) is 0 Å². The fraction of sp³-hybridized carbons (Fsp3) is 0.143. The smallest absolute Gasteiger partial charge is 0.253 e. The van der Waals surface area contributed by atoms with Crippen LogP contribution in [0, 0.1) is 0 Å². The van der Waals surface area contributed by atoms with E-state index in [1.807, 2.05) is 54.6 Å². The van der Waals surface area contributed by atoms with Crippen molar-refractivity contribution in [1.29, 1.82) is 0 Å². The average molecular weight is 332 g/mol. The highest BCUT2D eigenvalue weighted by Gasteiger charge is 2.10. The average Bonchev–Trinajstić information content (AvgIpc) is 2.65. The first-order valence-corrected chi connectivity index (χ1v) is 8.13. The lowest BCUT2D eigenvalue weighted by atomic mass is 10.0. The molecule has 2 amide bonds. The quantitative estimate of drug-likeness (QED) is 0.795. The van der Waals surface area contributed by atoms with E-state index in [-0.39, 0.29) is 11.8 Å². The van der Waals surface area contributed by atoms with Crippen LogP contribution < -0.4 is 5.32 Å². The highest BCUT2D eigenvalue weighted by Crippen LogP contribution is 2.18. The molecule has 0 aromatic heterocycles. The van der Waals surface area contributed by atoms with Gasteiger partial charge in [0.15, 0.2) is 0 Å². The van der Waals surface area contributed by atoms with Crippen LogP contribution in [-0.4, -0.2) is 30.8 Å². The Kier molecular flexibility index (Phi) is 4.80. The van der Waals surface area contributed by atoms with E-state index in [1.54, 1.807) is 26.2 Å². The number of hydrogen-bond acceptors (Lipinski definition) is 2. The Morgan fingerprint density at radius 3 is 2.28 bits per heavy atom. The molecular weight excluding hydrogens is 312 g/mol. The van der Waals surface area contributed by atoms with E-state index in [0.717, 1.165) is 16.3 Å². The third kappa shape index (κ3) is 3.69. The van der Waals surface area contributed by atoms with Crippen LogP contribution >= 0.6 is 0 Å². The summed E-state index contributed by atoms with van der Waals surface area (Å²) in [6, 6.07) is 20.8. The zero-order valence-corrected chi connectivity index (χ0v) is 14.3. The number of carbonyl (C=O) groups excluding carboxylic acids is 2. The molecule has 0 aliphatic carbocycles. The van der Waals surface area contributed by atoms with E-state index in [4.69, 9.17) is 0 Å². The second kappa shape index (κ2) is 7.18. The van der Waals surface area contributed by atoms with Crippen molar-refractivity contribution in [3.05, 3.63) is 83.4 Å². The molecule has 0 unspecified atom stereocenters. The molecule has 0 saturated carbocycles. The van der Waals surface area contributed by atoms with Gasteiger partial charge in [-0.05, 0) is 34.5 Å². The third-order valence-electron chi connectivity index (χ3n) is 4.09. The van der Waals surface area contributed by atoms with Crippen LogP contribution in [0.15, 0.2) is 66.7 Å². The molecule has 4 nitrogen and oxygen atoms in total. The predicted molar refractivity (Wildman–Crippen MR) is 99.6 cm³/mol. The molecule has 0 aliphatic rings. The van der Waals surface area contributed by atoms with Gasteiger partial charge in [0.25, 0.3) is 11.8 Å². The molecule has 126 valence electrons. The van der Waals surface area contributed by atoms with Gasteiger partial charge in [-0.15, -0.1) is 0 Å². The number of rotatable bonds is 4. The number of amides is 2. The molecule has 3 rings (SSSR count). The van der Waals surface area contributed by atoms with Gasteiger partial charge in [0.1, 0.15) is 0 Å². The molecule has 3 aromatic rings. The third-order valence-corrected chi connectivity index (χ3v) is 4.09. The van der Waals surface area contributed by atoms with Crippen molar-refractivity contribution in [2.24, 2.45) is 0 Å². The molecule has 0 radical (unpaired) electrons. The first-order chi connectivity index (χ1) is 12.1. The number of carbonyl (C=O) groups is 2. The monoisotopic (exact) mass is 332 g/mol. The lowest BCUT2D eigenvalue weighted by Crippen LogP contribution is -2.23. The molecule has 0 spiro atoms. The largest absolute Gasteiger partial charge is 0.348 e. The van der Waals surface area contributed by atoms with Crippen LogP contribution in [0.1, 0.15) is 26.3 Å². The molecule has 3 aromatic carbocycles. The minimum atomic E-state index is -0.106. The van der Waals surface area contributed by atoms with Crippen molar-refractivity contribution >= 4 is 22.6 Å². The minimum Gasteiger partial charge on any atom is -0.348 e. The molecule has 0 aliphatic heterocycles. The Hall–Kier alpha value is -3.14. The summed E-state index contributed by atoms with van der Waals surface area (Å²) in [5.41, 5.74) is 2.25. The van der Waals surface area contributed by atoms with E-state index in [0.29, 0.717) is 17.7 Å². The van der Waals surface area contributed by atoms with Gasteiger partial charge in [-0.2, -0.15) is 0 Å². The number of nitrogens with zero attached hydrogens (tertiary/aromatic N) is 1. The molecule has 1 N–H and O–H groups in total. The molecule has 0 heterocycles. The summed E-state index contributed by atoms with van der Waals surface area (Å²) in [5, 5.41) is 4.93. The first kappa shape index (κ1) is 16.7. The zero-order valence-electron chi connectivity index (χ0n) is 14.3. The number of benzene rings is 3. The van der Waals surface area contributed by atoms with Crippen molar-refractivity contribution in [2.75, 3.05) is 14.1 Å². The van der Waals surface area contributed by atoms with Crippen LogP contribution in [0.4, 0.5) is 0 Å². The second-order valence-corrected chi connectivity index (χ2v) is 6.11. The molecule has 4 heteroatoms. The molecule has 0 atom stereocenters. The summed E-state index contributed by atoms with van der Waals surface area (Å²) < 4.78 is 0. The van der Waals surface area contributed by atoms with Gasteiger partial charge in [-0.25, -0.2) is 0 Å². The van der Waals surface area contributed by atoms with Crippen molar-refractivity contribution in [3.8, 4) is 0 Å². The first-order valence-electron chi connectivity index (χ1n) is 8.13. The van der Waals surface area contributed by atoms with Crippen molar-refractivity contribution < 1.29 is 9.59 Å². The molecular formula is C21H20N2O2. The molecule has 0 saturated heterocycles. The molecule has 25 heavy (non-hydrogen) atoms. The van der Waals surface area contributed by atoms with Gasteiger partial charge in [-0.1, -0.05) is 48.5 Å². The van der Waals surface area contributed by atoms with Crippen LogP contribution in [0.25, 0.3) is 10.8 Å². The molecule has 0 fully saturated rings. The number of hydrogen-bond donors (Lipinski definition) is 1. The van der Waals surface area contributed by atoms with Gasteiger partial charge in [0.05, 0.1) is 0 Å². The summed E-state index contributed by atoms with van der Waals surface area (Å²) in [7, 11) is 3.45. The summed E-state index contributed by atoms with van der Waals surface area (Å²) in [6.45, 7) is 0.415. The summed E-state index contributed by atoms with van der Waals surface area (Å²) >= 11 is 0. The number of fused-ring (bicyclic) bond motifs is 1. The van der Waals surface area contributed by atoms with E-state index < -0.39 is 0 Å². The Labute approximate surface area is 147 Å². The Morgan fingerprint density at radius 1 is 0.880 bits per heavy atom. The van der Waals surface area contributed by atoms with E-state index >= 15 is 0 Å². The Morgan fingerprint density at radius 2 is 1.56 bits per heavy atom. The van der Waals surface area contributed by atoms with Crippen molar-refractivity contribution in [1.82, 2.24) is 10.2 Å². The van der Waals surface area contributed by atoms with Gasteiger partial charge in [-0.3, -0.25) is 9.59 Å². The van der Waals surface area contributed by atoms with Crippen LogP contribution in [0.3, 0.4) is 0 Å². The molecule has 0 bridgehead atoms. The van der Waals surface area contributed by atoms with Gasteiger partial charge in [0.2, 0.25) is 0 Å². The Balaban J connectivity index is 1.71. The summed E-state index contributed by atoms with van der Waals surface area (Å²) in [5.74, 6) is -0.142. The van der Waals surface area contributed by atoms with Crippen LogP contribution in [0.5, 0.6) is 0 Å². The van der Waals surface area contributed by atoms with E-state index in [9.17, 15) is 9.59 Å². The van der Waals surface area contributed by atoms with Crippen LogP contribution in [-0.2, 0) is 6.54 Å². The lowest BCUT2D eigenvalue weighted by molar-refractivity contribution is 0.0827. The fourth-order valence-corrected chi connectivity index (χ4v) is 2.72.